The van der Waals surface area contributed by atoms with Gasteiger partial charge in [0.2, 0.25) is 5.91 Å². The Morgan fingerprint density at radius 2 is 2.19 bits per heavy atom. The van der Waals surface area contributed by atoms with Gasteiger partial charge < -0.3 is 15.1 Å². The van der Waals surface area contributed by atoms with Crippen LogP contribution < -0.4 is 10.6 Å². The van der Waals surface area contributed by atoms with E-state index in [-0.39, 0.29) is 36.6 Å². The minimum Gasteiger partial charge on any atom is -0.459 e. The van der Waals surface area contributed by atoms with Crippen molar-refractivity contribution in [1.29, 1.82) is 0 Å². The molecule has 110 valence electrons. The Morgan fingerprint density at radius 1 is 1.33 bits per heavy atom. The third-order valence-electron chi connectivity index (χ3n) is 2.94. The molecule has 0 bridgehead atoms. The number of pyridine rings is 1. The normalized spacial score (nSPS) is 11.7. The Kier molecular flexibility index (Phi) is 5.09. The third kappa shape index (κ3) is 4.45. The monoisotopic (exact) mass is 287 g/mol. The fraction of sp³-hybridized carbons (Fsp3) is 0.267. The van der Waals surface area contributed by atoms with Crippen LogP contribution in [0, 0.1) is 0 Å². The number of nitrogens with zero attached hydrogens (tertiary/aromatic N) is 1. The fourth-order valence-electron chi connectivity index (χ4n) is 1.81. The Bertz CT molecular complexity index is 581. The van der Waals surface area contributed by atoms with Crippen molar-refractivity contribution in [3.63, 3.8) is 0 Å². The number of carbonyl (C=O) groups is 2. The van der Waals surface area contributed by atoms with Crippen LogP contribution in [0.25, 0.3) is 0 Å². The molecule has 2 aromatic rings. The summed E-state index contributed by atoms with van der Waals surface area (Å²) in [5, 5.41) is 5.47. The minimum absolute atomic E-state index is 0.119. The number of hydrogen-bond acceptors (Lipinski definition) is 4. The lowest BCUT2D eigenvalue weighted by molar-refractivity contribution is -0.121. The molecule has 1 atom stereocenters. The summed E-state index contributed by atoms with van der Waals surface area (Å²) in [6.45, 7) is 2.14. The van der Waals surface area contributed by atoms with E-state index in [1.165, 1.54) is 6.26 Å². The van der Waals surface area contributed by atoms with Gasteiger partial charge in [0.15, 0.2) is 5.76 Å². The smallest absolute Gasteiger partial charge is 0.286 e. The van der Waals surface area contributed by atoms with E-state index in [1.807, 2.05) is 19.1 Å². The molecule has 2 amide bonds. The summed E-state index contributed by atoms with van der Waals surface area (Å²) in [5.41, 5.74) is 0.936. The first-order valence-corrected chi connectivity index (χ1v) is 6.68. The highest BCUT2D eigenvalue weighted by atomic mass is 16.3. The van der Waals surface area contributed by atoms with E-state index in [0.717, 1.165) is 5.56 Å². The van der Waals surface area contributed by atoms with Gasteiger partial charge in [0.1, 0.15) is 0 Å². The van der Waals surface area contributed by atoms with E-state index in [0.29, 0.717) is 0 Å². The molecule has 0 spiro atoms. The Balaban J connectivity index is 1.71. The zero-order chi connectivity index (χ0) is 15.1. The predicted molar refractivity (Wildman–Crippen MR) is 76.5 cm³/mol. The lowest BCUT2D eigenvalue weighted by atomic mass is 10.1. The number of carbonyl (C=O) groups excluding carboxylic acids is 2. The van der Waals surface area contributed by atoms with Gasteiger partial charge in [0, 0.05) is 25.4 Å². The molecule has 2 rings (SSSR count). The molecular formula is C15H17N3O3. The SMILES string of the molecule is CC(NC(=O)CCNC(=O)c1ccco1)c1cccnc1. The van der Waals surface area contributed by atoms with E-state index < -0.39 is 0 Å². The van der Waals surface area contributed by atoms with Crippen LogP contribution in [0.2, 0.25) is 0 Å². The largest absolute Gasteiger partial charge is 0.459 e. The number of nitrogens with one attached hydrogen (secondary N) is 2. The molecule has 6 heteroatoms. The van der Waals surface area contributed by atoms with Crippen molar-refractivity contribution in [2.75, 3.05) is 6.54 Å². The lowest BCUT2D eigenvalue weighted by Gasteiger charge is -2.13. The molecule has 6 nitrogen and oxygen atoms in total. The Labute approximate surface area is 122 Å². The van der Waals surface area contributed by atoms with Crippen LogP contribution in [0.5, 0.6) is 0 Å². The number of furan rings is 1. The van der Waals surface area contributed by atoms with E-state index >= 15 is 0 Å². The van der Waals surface area contributed by atoms with Crippen molar-refractivity contribution in [2.45, 2.75) is 19.4 Å². The second-order valence-corrected chi connectivity index (χ2v) is 4.56. The highest BCUT2D eigenvalue weighted by Crippen LogP contribution is 2.09. The van der Waals surface area contributed by atoms with Crippen molar-refractivity contribution in [3.05, 3.63) is 54.2 Å². The molecule has 0 aliphatic heterocycles. The van der Waals surface area contributed by atoms with Gasteiger partial charge in [-0.25, -0.2) is 0 Å². The van der Waals surface area contributed by atoms with Crippen LogP contribution in [0.15, 0.2) is 47.3 Å². The maximum atomic E-state index is 11.8. The van der Waals surface area contributed by atoms with E-state index in [1.54, 1.807) is 24.5 Å². The molecule has 0 radical (unpaired) electrons. The average molecular weight is 287 g/mol. The first-order chi connectivity index (χ1) is 10.2. The molecule has 0 aromatic carbocycles. The maximum absolute atomic E-state index is 11.8. The summed E-state index contributed by atoms with van der Waals surface area (Å²) in [6.07, 6.45) is 5.03. The van der Waals surface area contributed by atoms with Gasteiger partial charge in [0.05, 0.1) is 12.3 Å². The summed E-state index contributed by atoms with van der Waals surface area (Å²) >= 11 is 0. The molecule has 2 aromatic heterocycles. The van der Waals surface area contributed by atoms with Crippen molar-refractivity contribution in [3.8, 4) is 0 Å². The Hall–Kier alpha value is -2.63. The van der Waals surface area contributed by atoms with Crippen LogP contribution >= 0.6 is 0 Å². The summed E-state index contributed by atoms with van der Waals surface area (Å²) in [5.74, 6) is -0.224. The molecule has 0 saturated heterocycles. The lowest BCUT2D eigenvalue weighted by Crippen LogP contribution is -2.32. The van der Waals surface area contributed by atoms with Crippen LogP contribution in [0.3, 0.4) is 0 Å². The molecule has 2 N–H and O–H groups in total. The summed E-state index contributed by atoms with van der Waals surface area (Å²) in [6, 6.07) is 6.81. The maximum Gasteiger partial charge on any atom is 0.286 e. The molecule has 0 fully saturated rings. The molecule has 0 saturated carbocycles. The van der Waals surface area contributed by atoms with Crippen molar-refractivity contribution >= 4 is 11.8 Å². The van der Waals surface area contributed by atoms with Gasteiger partial charge in [-0.15, -0.1) is 0 Å². The van der Waals surface area contributed by atoms with Crippen molar-refractivity contribution in [1.82, 2.24) is 15.6 Å². The van der Waals surface area contributed by atoms with Crippen LogP contribution in [0.1, 0.15) is 35.5 Å². The van der Waals surface area contributed by atoms with Crippen molar-refractivity contribution < 1.29 is 14.0 Å². The first kappa shape index (κ1) is 14.8. The van der Waals surface area contributed by atoms with Gasteiger partial charge in [-0.1, -0.05) is 6.07 Å². The quantitative estimate of drug-likeness (QED) is 0.846. The van der Waals surface area contributed by atoms with Crippen molar-refractivity contribution in [2.24, 2.45) is 0 Å². The van der Waals surface area contributed by atoms with Gasteiger partial charge >= 0.3 is 0 Å². The number of amides is 2. The second kappa shape index (κ2) is 7.23. The molecule has 0 aliphatic rings. The van der Waals surface area contributed by atoms with Crippen LogP contribution in [-0.2, 0) is 4.79 Å². The standard InChI is InChI=1S/C15H17N3O3/c1-11(12-4-2-7-16-10-12)18-14(19)6-8-17-15(20)13-5-3-9-21-13/h2-5,7,9-11H,6,8H2,1H3,(H,17,20)(H,18,19). The van der Waals surface area contributed by atoms with Gasteiger partial charge in [0.25, 0.3) is 5.91 Å². The first-order valence-electron chi connectivity index (χ1n) is 6.68. The van der Waals surface area contributed by atoms with E-state index in [2.05, 4.69) is 15.6 Å². The van der Waals surface area contributed by atoms with Gasteiger partial charge in [-0.3, -0.25) is 14.6 Å². The topological polar surface area (TPSA) is 84.2 Å². The number of aromatic nitrogens is 1. The second-order valence-electron chi connectivity index (χ2n) is 4.56. The van der Waals surface area contributed by atoms with Crippen LogP contribution in [-0.4, -0.2) is 23.3 Å². The number of rotatable bonds is 6. The average Bonchev–Trinajstić information content (AvgIpc) is 3.02. The highest BCUT2D eigenvalue weighted by Gasteiger charge is 2.11. The molecule has 0 aliphatic carbocycles. The van der Waals surface area contributed by atoms with E-state index in [4.69, 9.17) is 4.42 Å². The molecule has 2 heterocycles. The fourth-order valence-corrected chi connectivity index (χ4v) is 1.81. The Morgan fingerprint density at radius 3 is 2.86 bits per heavy atom. The number of hydrogen-bond donors (Lipinski definition) is 2. The van der Waals surface area contributed by atoms with Gasteiger partial charge in [-0.2, -0.15) is 0 Å². The minimum atomic E-state index is -0.326. The molecule has 21 heavy (non-hydrogen) atoms. The highest BCUT2D eigenvalue weighted by molar-refractivity contribution is 5.91. The van der Waals surface area contributed by atoms with E-state index in [9.17, 15) is 9.59 Å². The third-order valence-corrected chi connectivity index (χ3v) is 2.94. The summed E-state index contributed by atoms with van der Waals surface area (Å²) in [7, 11) is 0. The predicted octanol–water partition coefficient (Wildman–Crippen LogP) is 1.67. The summed E-state index contributed by atoms with van der Waals surface area (Å²) in [4.78, 5) is 27.4. The molecule has 1 unspecified atom stereocenters. The summed E-state index contributed by atoms with van der Waals surface area (Å²) < 4.78 is 4.96. The van der Waals surface area contributed by atoms with Crippen LogP contribution in [0.4, 0.5) is 0 Å². The zero-order valence-electron chi connectivity index (χ0n) is 11.7. The zero-order valence-corrected chi connectivity index (χ0v) is 11.7. The molecular weight excluding hydrogens is 270 g/mol. The van der Waals surface area contributed by atoms with Gasteiger partial charge in [-0.05, 0) is 30.7 Å².